The molecule has 0 aliphatic heterocycles. The first-order valence-corrected chi connectivity index (χ1v) is 12.5. The number of benzene rings is 6. The number of aromatic nitrogens is 5. The summed E-state index contributed by atoms with van der Waals surface area (Å²) in [6.45, 7) is 0. The fourth-order valence-corrected chi connectivity index (χ4v) is 6.66. The van der Waals surface area contributed by atoms with Gasteiger partial charge in [0.05, 0.1) is 33.1 Å². The largest absolute Gasteiger partial charge is 0.276 e. The lowest BCUT2D eigenvalue weighted by molar-refractivity contribution is 1.15. The molecule has 0 bridgehead atoms. The van der Waals surface area contributed by atoms with Gasteiger partial charge in [-0.05, 0) is 34.4 Å². The molecule has 0 unspecified atom stereocenters. The second-order valence-electron chi connectivity index (χ2n) is 9.92. The maximum Gasteiger partial charge on any atom is 0.223 e. The van der Waals surface area contributed by atoms with E-state index >= 15 is 0 Å². The van der Waals surface area contributed by atoms with Crippen molar-refractivity contribution >= 4 is 82.5 Å². The Labute approximate surface area is 208 Å². The normalized spacial score (nSPS) is 12.9. The van der Waals surface area contributed by atoms with E-state index in [0.717, 1.165) is 50.2 Å². The molecular weight excluding hydrogens is 454 g/mol. The SMILES string of the molecule is c1ccc2c(c1)ccc1c2nc2n1c1cccc3c1n2c1nc2c4ccccc4c4ccccc4c2n31. The smallest absolute Gasteiger partial charge is 0.223 e. The third kappa shape index (κ3) is 1.94. The van der Waals surface area contributed by atoms with E-state index in [9.17, 15) is 0 Å². The zero-order valence-electron chi connectivity index (χ0n) is 19.6. The lowest BCUT2D eigenvalue weighted by Gasteiger charge is -2.07. The molecule has 0 spiro atoms. The van der Waals surface area contributed by atoms with Crippen LogP contribution in [0.25, 0.3) is 82.5 Å². The van der Waals surface area contributed by atoms with Gasteiger partial charge in [0.2, 0.25) is 11.6 Å². The fraction of sp³-hybridized carbons (Fsp3) is 0. The van der Waals surface area contributed by atoms with Crippen LogP contribution in [-0.4, -0.2) is 23.2 Å². The molecule has 6 aromatic carbocycles. The highest BCUT2D eigenvalue weighted by Gasteiger charge is 2.25. The lowest BCUT2D eigenvalue weighted by atomic mass is 10.00. The first-order valence-electron chi connectivity index (χ1n) is 12.5. The summed E-state index contributed by atoms with van der Waals surface area (Å²) < 4.78 is 6.88. The summed E-state index contributed by atoms with van der Waals surface area (Å²) >= 11 is 0. The molecule has 5 nitrogen and oxygen atoms in total. The number of hydrogen-bond acceptors (Lipinski definition) is 2. The molecule has 10 rings (SSSR count). The monoisotopic (exact) mass is 471 g/mol. The zero-order chi connectivity index (χ0) is 23.8. The number of imidazole rings is 4. The molecule has 37 heavy (non-hydrogen) atoms. The minimum atomic E-state index is 0.900. The summed E-state index contributed by atoms with van der Waals surface area (Å²) in [4.78, 5) is 10.6. The van der Waals surface area contributed by atoms with Gasteiger partial charge in [-0.3, -0.25) is 8.80 Å². The van der Waals surface area contributed by atoms with Gasteiger partial charge in [0.15, 0.2) is 0 Å². The average Bonchev–Trinajstić information content (AvgIpc) is 3.68. The molecule has 4 aromatic heterocycles. The van der Waals surface area contributed by atoms with Crippen molar-refractivity contribution in [3.05, 3.63) is 103 Å². The molecule has 5 heteroatoms. The van der Waals surface area contributed by atoms with E-state index in [1.165, 1.54) is 32.3 Å². The number of fused-ring (bicyclic) bond motifs is 17. The van der Waals surface area contributed by atoms with Crippen LogP contribution < -0.4 is 0 Å². The van der Waals surface area contributed by atoms with Crippen LogP contribution in [0, 0.1) is 0 Å². The van der Waals surface area contributed by atoms with Crippen molar-refractivity contribution in [2.45, 2.75) is 0 Å². The number of rotatable bonds is 0. The molecule has 10 aromatic rings. The Bertz CT molecular complexity index is 2580. The van der Waals surface area contributed by atoms with Crippen molar-refractivity contribution < 1.29 is 0 Å². The summed E-state index contributed by atoms with van der Waals surface area (Å²) in [5.74, 6) is 1.80. The van der Waals surface area contributed by atoms with E-state index in [-0.39, 0.29) is 0 Å². The summed E-state index contributed by atoms with van der Waals surface area (Å²) in [6.07, 6.45) is 0. The number of para-hydroxylation sites is 1. The van der Waals surface area contributed by atoms with Crippen molar-refractivity contribution in [2.75, 3.05) is 0 Å². The van der Waals surface area contributed by atoms with Crippen molar-refractivity contribution in [2.24, 2.45) is 0 Å². The Morgan fingerprint density at radius 3 is 1.84 bits per heavy atom. The first kappa shape index (κ1) is 18.2. The van der Waals surface area contributed by atoms with Gasteiger partial charge in [0.1, 0.15) is 5.52 Å². The Hall–Kier alpha value is -5.16. The van der Waals surface area contributed by atoms with E-state index in [0.29, 0.717) is 0 Å². The predicted molar refractivity (Wildman–Crippen MR) is 151 cm³/mol. The Balaban J connectivity index is 1.53. The third-order valence-electron chi connectivity index (χ3n) is 8.15. The standard InChI is InChI=1S/C32H17N5/c1-2-9-19-18(8-1)16-17-24-27(19)33-31-35(24)25-14-7-15-26-30(25)37(31)32-34-28-22-12-5-3-10-20(22)21-11-4-6-13-23(21)29(28)36(26)32/h1-17H. The highest BCUT2D eigenvalue weighted by molar-refractivity contribution is 6.25. The first-order chi connectivity index (χ1) is 18.4. The van der Waals surface area contributed by atoms with Gasteiger partial charge in [-0.1, -0.05) is 84.9 Å². The van der Waals surface area contributed by atoms with E-state index in [1.807, 2.05) is 0 Å². The molecule has 0 amide bonds. The highest BCUT2D eigenvalue weighted by atomic mass is 15.3. The maximum absolute atomic E-state index is 5.34. The second kappa shape index (κ2) is 5.97. The van der Waals surface area contributed by atoms with Gasteiger partial charge in [0.25, 0.3) is 0 Å². The Morgan fingerprint density at radius 2 is 1.00 bits per heavy atom. The van der Waals surface area contributed by atoms with Crippen molar-refractivity contribution in [3.8, 4) is 0 Å². The fourth-order valence-electron chi connectivity index (χ4n) is 6.66. The lowest BCUT2D eigenvalue weighted by Crippen LogP contribution is -1.88. The minimum absolute atomic E-state index is 0.900. The minimum Gasteiger partial charge on any atom is -0.276 e. The molecule has 4 heterocycles. The van der Waals surface area contributed by atoms with Crippen LogP contribution in [0.4, 0.5) is 0 Å². The van der Waals surface area contributed by atoms with Crippen molar-refractivity contribution in [1.29, 1.82) is 0 Å². The predicted octanol–water partition coefficient (Wildman–Crippen LogP) is 7.59. The molecule has 0 aliphatic carbocycles. The van der Waals surface area contributed by atoms with Gasteiger partial charge >= 0.3 is 0 Å². The van der Waals surface area contributed by atoms with E-state index in [1.54, 1.807) is 0 Å². The molecule has 0 aliphatic rings. The molecule has 0 N–H and O–H groups in total. The van der Waals surface area contributed by atoms with Gasteiger partial charge in [-0.15, -0.1) is 0 Å². The summed E-state index contributed by atoms with van der Waals surface area (Å²) in [5, 5.41) is 7.25. The van der Waals surface area contributed by atoms with Gasteiger partial charge in [0, 0.05) is 16.2 Å². The number of nitrogens with zero attached hydrogens (tertiary/aromatic N) is 5. The van der Waals surface area contributed by atoms with Crippen LogP contribution in [0.1, 0.15) is 0 Å². The molecule has 170 valence electrons. The average molecular weight is 472 g/mol. The molecule has 0 fully saturated rings. The molecular formula is C32H17N5. The van der Waals surface area contributed by atoms with Crippen molar-refractivity contribution in [1.82, 2.24) is 23.2 Å². The quantitative estimate of drug-likeness (QED) is 0.214. The topological polar surface area (TPSA) is 39.0 Å². The number of hydrogen-bond donors (Lipinski definition) is 0. The van der Waals surface area contributed by atoms with Crippen LogP contribution in [0.15, 0.2) is 103 Å². The molecule has 0 atom stereocenters. The summed E-state index contributed by atoms with van der Waals surface area (Å²) in [5.41, 5.74) is 7.77. The molecule has 0 saturated heterocycles. The molecule has 0 saturated carbocycles. The van der Waals surface area contributed by atoms with Crippen LogP contribution in [0.2, 0.25) is 0 Å². The summed E-state index contributed by atoms with van der Waals surface area (Å²) in [7, 11) is 0. The molecule has 0 radical (unpaired) electrons. The van der Waals surface area contributed by atoms with Gasteiger partial charge < -0.3 is 0 Å². The second-order valence-corrected chi connectivity index (χ2v) is 9.92. The Kier molecular flexibility index (Phi) is 2.93. The third-order valence-corrected chi connectivity index (χ3v) is 8.15. The van der Waals surface area contributed by atoms with Crippen molar-refractivity contribution in [3.63, 3.8) is 0 Å². The Morgan fingerprint density at radius 1 is 0.378 bits per heavy atom. The van der Waals surface area contributed by atoms with Crippen LogP contribution in [0.5, 0.6) is 0 Å². The van der Waals surface area contributed by atoms with Gasteiger partial charge in [-0.25, -0.2) is 14.4 Å². The van der Waals surface area contributed by atoms with Crippen LogP contribution >= 0.6 is 0 Å². The summed E-state index contributed by atoms with van der Waals surface area (Å²) in [6, 6.07) is 36.7. The zero-order valence-corrected chi connectivity index (χ0v) is 19.6. The van der Waals surface area contributed by atoms with E-state index in [2.05, 4.69) is 116 Å². The van der Waals surface area contributed by atoms with Crippen LogP contribution in [-0.2, 0) is 0 Å². The van der Waals surface area contributed by atoms with E-state index < -0.39 is 0 Å². The van der Waals surface area contributed by atoms with Gasteiger partial charge in [-0.2, -0.15) is 0 Å². The highest BCUT2D eigenvalue weighted by Crippen LogP contribution is 2.40. The van der Waals surface area contributed by atoms with Crippen LogP contribution in [0.3, 0.4) is 0 Å². The maximum atomic E-state index is 5.34. The van der Waals surface area contributed by atoms with E-state index in [4.69, 9.17) is 9.97 Å².